The van der Waals surface area contributed by atoms with Crippen molar-refractivity contribution in [2.45, 2.75) is 32.2 Å². The van der Waals surface area contributed by atoms with Crippen LogP contribution < -0.4 is 9.47 Å². The summed E-state index contributed by atoms with van der Waals surface area (Å²) in [6.07, 6.45) is 4.10. The summed E-state index contributed by atoms with van der Waals surface area (Å²) in [5.41, 5.74) is 5.14. The lowest BCUT2D eigenvalue weighted by Gasteiger charge is -2.34. The number of amides is 1. The predicted molar refractivity (Wildman–Crippen MR) is 72.0 cm³/mol. The monoisotopic (exact) mass is 269 g/mol. The fraction of sp³-hybridized carbons (Fsp3) is 0.438. The molecule has 0 spiro atoms. The highest BCUT2D eigenvalue weighted by atomic mass is 16.7. The highest BCUT2D eigenvalue weighted by molar-refractivity contribution is 5.89. The average Bonchev–Trinajstić information content (AvgIpc) is 3.03. The number of benzene rings is 1. The molecule has 1 saturated heterocycles. The van der Waals surface area contributed by atoms with E-state index in [0.717, 1.165) is 24.3 Å². The molecule has 1 fully saturated rings. The third kappa shape index (κ3) is 1.24. The number of fused-ring (bicyclic) bond motifs is 3. The van der Waals surface area contributed by atoms with Gasteiger partial charge < -0.3 is 14.4 Å². The van der Waals surface area contributed by atoms with E-state index in [-0.39, 0.29) is 5.91 Å². The minimum absolute atomic E-state index is 0.285. The highest BCUT2D eigenvalue weighted by Gasteiger charge is 2.42. The van der Waals surface area contributed by atoms with Gasteiger partial charge in [0.25, 0.3) is 0 Å². The van der Waals surface area contributed by atoms with Gasteiger partial charge in [-0.3, -0.25) is 4.79 Å². The van der Waals surface area contributed by atoms with Crippen LogP contribution in [0.5, 0.6) is 11.5 Å². The van der Waals surface area contributed by atoms with Crippen LogP contribution in [-0.2, 0) is 11.3 Å². The molecule has 1 aromatic carbocycles. The fourth-order valence-corrected chi connectivity index (χ4v) is 4.09. The number of ether oxygens (including phenoxy) is 2. The average molecular weight is 269 g/mol. The molecule has 0 bridgehead atoms. The van der Waals surface area contributed by atoms with Gasteiger partial charge in [-0.15, -0.1) is 0 Å². The summed E-state index contributed by atoms with van der Waals surface area (Å²) >= 11 is 0. The second-order valence-electron chi connectivity index (χ2n) is 6.00. The zero-order chi connectivity index (χ0) is 13.3. The topological polar surface area (TPSA) is 38.8 Å². The minimum Gasteiger partial charge on any atom is -0.454 e. The second kappa shape index (κ2) is 3.57. The van der Waals surface area contributed by atoms with Crippen molar-refractivity contribution < 1.29 is 14.3 Å². The molecule has 20 heavy (non-hydrogen) atoms. The van der Waals surface area contributed by atoms with E-state index in [1.807, 2.05) is 4.90 Å². The number of hydrogen-bond donors (Lipinski definition) is 0. The number of allylic oxidation sites excluding steroid dienone is 2. The Morgan fingerprint density at radius 2 is 2.05 bits per heavy atom. The van der Waals surface area contributed by atoms with Crippen molar-refractivity contribution in [2.75, 3.05) is 6.79 Å². The zero-order valence-corrected chi connectivity index (χ0v) is 11.1. The highest BCUT2D eigenvalue weighted by Crippen LogP contribution is 2.50. The van der Waals surface area contributed by atoms with Crippen LogP contribution in [-0.4, -0.2) is 17.6 Å². The molecule has 3 heterocycles. The Hall–Kier alpha value is -1.97. The van der Waals surface area contributed by atoms with E-state index >= 15 is 0 Å². The Morgan fingerprint density at radius 1 is 1.20 bits per heavy atom. The lowest BCUT2D eigenvalue weighted by atomic mass is 9.81. The van der Waals surface area contributed by atoms with E-state index in [9.17, 15) is 4.79 Å². The molecule has 1 unspecified atom stereocenters. The Bertz CT molecular complexity index is 677. The molecule has 5 rings (SSSR count). The summed E-state index contributed by atoms with van der Waals surface area (Å²) in [5, 5.41) is 0. The summed E-state index contributed by atoms with van der Waals surface area (Å²) in [7, 11) is 0. The van der Waals surface area contributed by atoms with E-state index in [1.165, 1.54) is 28.8 Å². The summed E-state index contributed by atoms with van der Waals surface area (Å²) in [6, 6.07) is 4.17. The molecule has 1 aromatic rings. The van der Waals surface area contributed by atoms with Gasteiger partial charge in [-0.25, -0.2) is 0 Å². The van der Waals surface area contributed by atoms with Crippen molar-refractivity contribution in [1.29, 1.82) is 0 Å². The molecule has 0 N–H and O–H groups in total. The quantitative estimate of drug-likeness (QED) is 0.727. The molecule has 0 saturated carbocycles. The third-order valence-corrected chi connectivity index (χ3v) is 4.94. The first-order valence-corrected chi connectivity index (χ1v) is 7.27. The Kier molecular flexibility index (Phi) is 1.92. The Balaban J connectivity index is 1.75. The van der Waals surface area contributed by atoms with E-state index in [4.69, 9.17) is 9.47 Å². The molecule has 3 aliphatic heterocycles. The number of carbonyl (C=O) groups excluding carboxylic acids is 1. The van der Waals surface area contributed by atoms with Gasteiger partial charge in [-0.05, 0) is 48.1 Å². The van der Waals surface area contributed by atoms with Gasteiger partial charge in [0.15, 0.2) is 11.5 Å². The van der Waals surface area contributed by atoms with Gasteiger partial charge in [0.2, 0.25) is 12.7 Å². The molecule has 4 nitrogen and oxygen atoms in total. The minimum atomic E-state index is 0.285. The number of nitrogens with zero attached hydrogens (tertiary/aromatic N) is 1. The van der Waals surface area contributed by atoms with Gasteiger partial charge >= 0.3 is 0 Å². The lowest BCUT2D eigenvalue weighted by molar-refractivity contribution is -0.127. The maximum atomic E-state index is 12.2. The molecule has 1 aliphatic carbocycles. The molecule has 0 radical (unpaired) electrons. The SMILES string of the molecule is O=C1CC2CCCC3=C2N1Cc1cc2c(cc13)OCO2. The number of rotatable bonds is 0. The molecule has 1 atom stereocenters. The summed E-state index contributed by atoms with van der Waals surface area (Å²) < 4.78 is 11.0. The first kappa shape index (κ1) is 10.8. The fourth-order valence-electron chi connectivity index (χ4n) is 4.09. The summed E-state index contributed by atoms with van der Waals surface area (Å²) in [5.74, 6) is 2.39. The van der Waals surface area contributed by atoms with Gasteiger partial charge in [0.05, 0.1) is 6.54 Å². The number of hydrogen-bond acceptors (Lipinski definition) is 3. The van der Waals surface area contributed by atoms with Gasteiger partial charge in [0, 0.05) is 18.0 Å². The van der Waals surface area contributed by atoms with Gasteiger partial charge in [0.1, 0.15) is 0 Å². The van der Waals surface area contributed by atoms with Crippen molar-refractivity contribution in [2.24, 2.45) is 5.92 Å². The van der Waals surface area contributed by atoms with E-state index in [2.05, 4.69) is 12.1 Å². The first-order chi connectivity index (χ1) is 9.81. The van der Waals surface area contributed by atoms with Crippen molar-refractivity contribution in [3.63, 3.8) is 0 Å². The molecular formula is C16H15NO3. The normalized spacial score (nSPS) is 25.9. The lowest BCUT2D eigenvalue weighted by Crippen LogP contribution is -2.29. The summed E-state index contributed by atoms with van der Waals surface area (Å²) in [6.45, 7) is 0.996. The molecule has 1 amide bonds. The van der Waals surface area contributed by atoms with Crippen molar-refractivity contribution in [1.82, 2.24) is 4.90 Å². The van der Waals surface area contributed by atoms with Crippen LogP contribution in [0.25, 0.3) is 5.57 Å². The van der Waals surface area contributed by atoms with Crippen LogP contribution in [0.2, 0.25) is 0 Å². The van der Waals surface area contributed by atoms with Crippen LogP contribution in [0.3, 0.4) is 0 Å². The van der Waals surface area contributed by atoms with Gasteiger partial charge in [-0.1, -0.05) is 0 Å². The Labute approximate surface area is 117 Å². The van der Waals surface area contributed by atoms with Crippen LogP contribution in [0.4, 0.5) is 0 Å². The predicted octanol–water partition coefficient (Wildman–Crippen LogP) is 2.67. The first-order valence-electron chi connectivity index (χ1n) is 7.27. The van der Waals surface area contributed by atoms with E-state index in [1.54, 1.807) is 0 Å². The Morgan fingerprint density at radius 3 is 2.95 bits per heavy atom. The smallest absolute Gasteiger partial charge is 0.231 e. The standard InChI is InChI=1S/C16H15NO3/c18-15-5-9-2-1-3-11-12-6-14-13(19-8-20-14)4-10(12)7-17(15)16(9)11/h4,6,9H,1-3,5,7-8H2. The number of carbonyl (C=O) groups is 1. The molecule has 4 heteroatoms. The van der Waals surface area contributed by atoms with Crippen molar-refractivity contribution >= 4 is 11.5 Å². The zero-order valence-electron chi connectivity index (χ0n) is 11.1. The van der Waals surface area contributed by atoms with E-state index < -0.39 is 0 Å². The molecule has 102 valence electrons. The van der Waals surface area contributed by atoms with Crippen LogP contribution in [0.15, 0.2) is 17.8 Å². The van der Waals surface area contributed by atoms with Crippen molar-refractivity contribution in [3.05, 3.63) is 29.0 Å². The molecule has 0 aromatic heterocycles. The van der Waals surface area contributed by atoms with E-state index in [0.29, 0.717) is 25.7 Å². The van der Waals surface area contributed by atoms with Crippen LogP contribution in [0.1, 0.15) is 36.8 Å². The largest absolute Gasteiger partial charge is 0.454 e. The summed E-state index contributed by atoms with van der Waals surface area (Å²) in [4.78, 5) is 14.2. The maximum absolute atomic E-state index is 12.2. The van der Waals surface area contributed by atoms with Gasteiger partial charge in [-0.2, -0.15) is 0 Å². The second-order valence-corrected chi connectivity index (χ2v) is 6.00. The van der Waals surface area contributed by atoms with Crippen LogP contribution in [0, 0.1) is 5.92 Å². The molecular weight excluding hydrogens is 254 g/mol. The van der Waals surface area contributed by atoms with Crippen molar-refractivity contribution in [3.8, 4) is 11.5 Å². The third-order valence-electron chi connectivity index (χ3n) is 4.94. The van der Waals surface area contributed by atoms with Crippen LogP contribution >= 0.6 is 0 Å². The maximum Gasteiger partial charge on any atom is 0.231 e. The molecule has 4 aliphatic rings.